The summed E-state index contributed by atoms with van der Waals surface area (Å²) in [5.74, 6) is 0.835. The Kier molecular flexibility index (Phi) is 4.61. The molecule has 0 aliphatic rings. The minimum Gasteiger partial charge on any atom is -0.418 e. The molecule has 0 unspecified atom stereocenters. The zero-order valence-corrected chi connectivity index (χ0v) is 10.9. The van der Waals surface area contributed by atoms with Gasteiger partial charge in [-0.1, -0.05) is 37.9 Å². The minimum absolute atomic E-state index is 0.835. The van der Waals surface area contributed by atoms with Gasteiger partial charge in [0.1, 0.15) is 5.75 Å². The number of rotatable bonds is 3. The molecule has 0 atom stereocenters. The van der Waals surface area contributed by atoms with Crippen molar-refractivity contribution >= 4 is 48.1 Å². The summed E-state index contributed by atoms with van der Waals surface area (Å²) in [7, 11) is 0. The smallest absolute Gasteiger partial charge is 0.179 e. The van der Waals surface area contributed by atoms with E-state index in [4.69, 9.17) is 3.83 Å². The van der Waals surface area contributed by atoms with Crippen molar-refractivity contribution in [3.05, 3.63) is 29.3 Å². The molecule has 12 heavy (non-hydrogen) atoms. The first-order valence-corrected chi connectivity index (χ1v) is 6.22. The molecular formula is C8H7Br3O. The van der Waals surface area contributed by atoms with E-state index in [2.05, 4.69) is 54.2 Å². The normalized spacial score (nSPS) is 9.92. The summed E-state index contributed by atoms with van der Waals surface area (Å²) in [6.07, 6.45) is 0. The zero-order valence-electron chi connectivity index (χ0n) is 6.19. The van der Waals surface area contributed by atoms with E-state index < -0.39 is 0 Å². The van der Waals surface area contributed by atoms with Gasteiger partial charge in [0.2, 0.25) is 0 Å². The Labute approximate surface area is 97.2 Å². The van der Waals surface area contributed by atoms with Crippen molar-refractivity contribution in [2.24, 2.45) is 0 Å². The minimum atomic E-state index is 0.835. The average molecular weight is 359 g/mol. The molecule has 1 nitrogen and oxygen atoms in total. The summed E-state index contributed by atoms with van der Waals surface area (Å²) < 4.78 is 4.97. The van der Waals surface area contributed by atoms with Crippen LogP contribution in [0.3, 0.4) is 0 Å². The summed E-state index contributed by atoms with van der Waals surface area (Å²) in [5, 5.41) is 1.69. The summed E-state index contributed by atoms with van der Waals surface area (Å²) in [4.78, 5) is 0. The van der Waals surface area contributed by atoms with E-state index in [1.54, 1.807) is 0 Å². The van der Waals surface area contributed by atoms with Crippen molar-refractivity contribution in [2.45, 2.75) is 10.7 Å². The van der Waals surface area contributed by atoms with E-state index in [-0.39, 0.29) is 0 Å². The van der Waals surface area contributed by atoms with Crippen molar-refractivity contribution in [2.75, 3.05) is 0 Å². The highest BCUT2D eigenvalue weighted by Gasteiger charge is 1.99. The van der Waals surface area contributed by atoms with Crippen LogP contribution in [0.4, 0.5) is 0 Å². The SMILES string of the molecule is BrCc1cc(CBr)cc(OBr)c1. The second kappa shape index (κ2) is 5.25. The molecule has 0 fully saturated rings. The molecule has 0 amide bonds. The number of alkyl halides is 2. The molecule has 1 aromatic carbocycles. The first-order valence-electron chi connectivity index (χ1n) is 3.33. The molecule has 0 spiro atoms. The molecule has 1 aromatic rings. The lowest BCUT2D eigenvalue weighted by atomic mass is 10.1. The van der Waals surface area contributed by atoms with Crippen molar-refractivity contribution in [1.29, 1.82) is 0 Å². The Morgan fingerprint density at radius 3 is 1.83 bits per heavy atom. The first kappa shape index (κ1) is 10.5. The Hall–Kier alpha value is 0.460. The molecule has 4 heteroatoms. The lowest BCUT2D eigenvalue weighted by Gasteiger charge is -2.03. The third-order valence-electron chi connectivity index (χ3n) is 1.42. The fourth-order valence-corrected chi connectivity index (χ4v) is 1.76. The van der Waals surface area contributed by atoms with E-state index in [1.807, 2.05) is 12.1 Å². The molecule has 0 heterocycles. The van der Waals surface area contributed by atoms with Crippen LogP contribution >= 0.6 is 48.1 Å². The van der Waals surface area contributed by atoms with Crippen LogP contribution in [0.1, 0.15) is 11.1 Å². The molecule has 0 bridgehead atoms. The second-order valence-electron chi connectivity index (χ2n) is 2.33. The summed E-state index contributed by atoms with van der Waals surface area (Å²) in [6.45, 7) is 0. The number of hydrogen-bond donors (Lipinski definition) is 0. The van der Waals surface area contributed by atoms with Gasteiger partial charge in [0, 0.05) is 10.7 Å². The maximum Gasteiger partial charge on any atom is 0.179 e. The molecule has 0 saturated heterocycles. The molecule has 0 radical (unpaired) electrons. The molecule has 0 aliphatic carbocycles. The van der Waals surface area contributed by atoms with Crippen molar-refractivity contribution in [3.63, 3.8) is 0 Å². The van der Waals surface area contributed by atoms with E-state index >= 15 is 0 Å². The fourth-order valence-electron chi connectivity index (χ4n) is 0.927. The Morgan fingerprint density at radius 1 is 1.00 bits per heavy atom. The molecule has 0 aliphatic heterocycles. The zero-order chi connectivity index (χ0) is 8.97. The number of benzene rings is 1. The quantitative estimate of drug-likeness (QED) is 0.737. The van der Waals surface area contributed by atoms with Crippen LogP contribution in [0.15, 0.2) is 18.2 Å². The molecule has 0 aromatic heterocycles. The van der Waals surface area contributed by atoms with Crippen LogP contribution in [0.2, 0.25) is 0 Å². The predicted molar refractivity (Wildman–Crippen MR) is 61.3 cm³/mol. The Balaban J connectivity index is 3.01. The van der Waals surface area contributed by atoms with Crippen molar-refractivity contribution in [1.82, 2.24) is 0 Å². The highest BCUT2D eigenvalue weighted by Crippen LogP contribution is 2.21. The maximum atomic E-state index is 4.97. The second-order valence-corrected chi connectivity index (χ2v) is 3.77. The van der Waals surface area contributed by atoms with E-state index in [9.17, 15) is 0 Å². The number of hydrogen-bond acceptors (Lipinski definition) is 1. The number of halogens is 3. The summed E-state index contributed by atoms with van der Waals surface area (Å²) >= 11 is 9.75. The van der Waals surface area contributed by atoms with Crippen LogP contribution in [0.25, 0.3) is 0 Å². The van der Waals surface area contributed by atoms with Gasteiger partial charge >= 0.3 is 0 Å². The highest BCUT2D eigenvalue weighted by molar-refractivity contribution is 9.08. The van der Waals surface area contributed by atoms with Gasteiger partial charge in [-0.15, -0.1) is 0 Å². The largest absolute Gasteiger partial charge is 0.418 e. The summed E-state index contributed by atoms with van der Waals surface area (Å²) in [5.41, 5.74) is 2.42. The van der Waals surface area contributed by atoms with Gasteiger partial charge < -0.3 is 3.83 Å². The van der Waals surface area contributed by atoms with Gasteiger partial charge in [-0.2, -0.15) is 0 Å². The van der Waals surface area contributed by atoms with Crippen LogP contribution in [0.5, 0.6) is 5.75 Å². The highest BCUT2D eigenvalue weighted by atomic mass is 79.9. The van der Waals surface area contributed by atoms with Gasteiger partial charge in [0.25, 0.3) is 0 Å². The molecule has 66 valence electrons. The van der Waals surface area contributed by atoms with Gasteiger partial charge in [-0.25, -0.2) is 0 Å². The Bertz CT molecular complexity index is 207. The van der Waals surface area contributed by atoms with E-state index in [1.165, 1.54) is 11.1 Å². The molecule has 0 N–H and O–H groups in total. The molecule has 1 rings (SSSR count). The Morgan fingerprint density at radius 2 is 1.50 bits per heavy atom. The average Bonchev–Trinajstić information content (AvgIpc) is 2.16. The van der Waals surface area contributed by atoms with Gasteiger partial charge in [-0.05, 0) is 23.3 Å². The lowest BCUT2D eigenvalue weighted by Crippen LogP contribution is -1.85. The van der Waals surface area contributed by atoms with Gasteiger partial charge in [-0.3, -0.25) is 0 Å². The maximum absolute atomic E-state index is 4.97. The molecule has 0 saturated carbocycles. The van der Waals surface area contributed by atoms with Crippen molar-refractivity contribution in [3.8, 4) is 5.75 Å². The fraction of sp³-hybridized carbons (Fsp3) is 0.250. The van der Waals surface area contributed by atoms with E-state index in [0.29, 0.717) is 0 Å². The third kappa shape index (κ3) is 2.75. The van der Waals surface area contributed by atoms with Crippen LogP contribution in [-0.4, -0.2) is 0 Å². The van der Waals surface area contributed by atoms with Crippen LogP contribution < -0.4 is 3.83 Å². The topological polar surface area (TPSA) is 9.23 Å². The van der Waals surface area contributed by atoms with Crippen LogP contribution in [-0.2, 0) is 10.7 Å². The molecular weight excluding hydrogens is 352 g/mol. The van der Waals surface area contributed by atoms with Gasteiger partial charge in [0.05, 0.1) is 0 Å². The van der Waals surface area contributed by atoms with E-state index in [0.717, 1.165) is 16.4 Å². The lowest BCUT2D eigenvalue weighted by molar-refractivity contribution is 0.676. The third-order valence-corrected chi connectivity index (χ3v) is 3.09. The van der Waals surface area contributed by atoms with Crippen LogP contribution in [0, 0.1) is 0 Å². The van der Waals surface area contributed by atoms with Gasteiger partial charge in [0.15, 0.2) is 16.3 Å². The first-order chi connectivity index (χ1) is 5.80. The van der Waals surface area contributed by atoms with Crippen molar-refractivity contribution < 1.29 is 3.83 Å². The summed E-state index contributed by atoms with van der Waals surface area (Å²) in [6, 6.07) is 6.09. The monoisotopic (exact) mass is 356 g/mol. The predicted octanol–water partition coefficient (Wildman–Crippen LogP) is 4.17. The standard InChI is InChI=1S/C8H7Br3O/c9-4-6-1-7(5-10)3-8(2-6)12-11/h1-3H,4-5H2.